The van der Waals surface area contributed by atoms with E-state index in [4.69, 9.17) is 4.74 Å². The first-order valence-corrected chi connectivity index (χ1v) is 6.35. The molecule has 0 atom stereocenters. The third kappa shape index (κ3) is 2.23. The molecule has 3 aromatic rings. The lowest BCUT2D eigenvalue weighted by Gasteiger charge is -2.09. The minimum Gasteiger partial charge on any atom is -0.420 e. The Bertz CT molecular complexity index is 765. The van der Waals surface area contributed by atoms with Crippen molar-refractivity contribution in [3.05, 3.63) is 47.8 Å². The average Bonchev–Trinajstić information content (AvgIpc) is 2.76. The number of aliphatic hydroxyl groups is 1. The van der Waals surface area contributed by atoms with Gasteiger partial charge in [-0.25, -0.2) is 9.67 Å². The van der Waals surface area contributed by atoms with E-state index in [2.05, 4.69) is 10.1 Å². The fourth-order valence-corrected chi connectivity index (χ4v) is 2.16. The number of nitrogens with zero attached hydrogens (tertiary/aromatic N) is 3. The Hall–Kier alpha value is -2.40. The van der Waals surface area contributed by atoms with E-state index in [1.165, 1.54) is 0 Å². The van der Waals surface area contributed by atoms with Gasteiger partial charge in [0, 0.05) is 18.5 Å². The predicted molar refractivity (Wildman–Crippen MR) is 75.7 cm³/mol. The molecule has 102 valence electrons. The fourth-order valence-electron chi connectivity index (χ4n) is 2.16. The fraction of sp³-hybridized carbons (Fsp3) is 0.200. The van der Waals surface area contributed by atoms with Gasteiger partial charge < -0.3 is 9.84 Å². The molecule has 20 heavy (non-hydrogen) atoms. The maximum absolute atomic E-state index is 9.31. The summed E-state index contributed by atoms with van der Waals surface area (Å²) in [7, 11) is 1.82. The molecule has 0 bridgehead atoms. The zero-order chi connectivity index (χ0) is 14.1. The van der Waals surface area contributed by atoms with Crippen molar-refractivity contribution in [2.24, 2.45) is 7.05 Å². The molecule has 0 radical (unpaired) electrons. The quantitative estimate of drug-likeness (QED) is 0.793. The Morgan fingerprint density at radius 2 is 2.05 bits per heavy atom. The number of fused-ring (bicyclic) bond motifs is 1. The van der Waals surface area contributed by atoms with Gasteiger partial charge in [0.05, 0.1) is 18.0 Å². The normalized spacial score (nSPS) is 10.9. The van der Waals surface area contributed by atoms with Crippen molar-refractivity contribution in [2.45, 2.75) is 13.5 Å². The third-order valence-electron chi connectivity index (χ3n) is 3.08. The van der Waals surface area contributed by atoms with Crippen LogP contribution in [0.15, 0.2) is 36.4 Å². The summed E-state index contributed by atoms with van der Waals surface area (Å²) in [6, 6.07) is 11.5. The molecule has 2 aromatic heterocycles. The van der Waals surface area contributed by atoms with Crippen LogP contribution in [-0.2, 0) is 13.7 Å². The number of hydrogen-bond donors (Lipinski definition) is 1. The minimum absolute atomic E-state index is 0.119. The molecule has 0 spiro atoms. The molecule has 0 saturated carbocycles. The minimum atomic E-state index is -0.119. The number of aryl methyl sites for hydroxylation is 2. The Morgan fingerprint density at radius 1 is 1.25 bits per heavy atom. The molecule has 3 rings (SSSR count). The zero-order valence-electron chi connectivity index (χ0n) is 11.4. The first-order valence-electron chi connectivity index (χ1n) is 6.35. The van der Waals surface area contributed by atoms with Crippen LogP contribution in [0.3, 0.4) is 0 Å². The maximum Gasteiger partial charge on any atom is 0.229 e. The van der Waals surface area contributed by atoms with Gasteiger partial charge in [0.15, 0.2) is 0 Å². The van der Waals surface area contributed by atoms with Crippen LogP contribution in [0.2, 0.25) is 0 Å². The second-order valence-electron chi connectivity index (χ2n) is 4.65. The molecule has 5 heteroatoms. The molecule has 2 heterocycles. The molecule has 0 aliphatic rings. The van der Waals surface area contributed by atoms with Crippen LogP contribution in [0.1, 0.15) is 11.4 Å². The summed E-state index contributed by atoms with van der Waals surface area (Å²) < 4.78 is 7.53. The maximum atomic E-state index is 9.31. The van der Waals surface area contributed by atoms with Gasteiger partial charge in [-0.05, 0) is 24.4 Å². The smallest absolute Gasteiger partial charge is 0.229 e. The zero-order valence-corrected chi connectivity index (χ0v) is 11.4. The number of pyridine rings is 1. The van der Waals surface area contributed by atoms with Crippen LogP contribution in [0.5, 0.6) is 11.8 Å². The number of ether oxygens (including phenoxy) is 1. The highest BCUT2D eigenvalue weighted by Crippen LogP contribution is 2.28. The lowest BCUT2D eigenvalue weighted by atomic mass is 10.1. The molecule has 0 aliphatic heterocycles. The Balaban J connectivity index is 2.12. The van der Waals surface area contributed by atoms with E-state index in [0.29, 0.717) is 17.5 Å². The number of hydrogen-bond acceptors (Lipinski definition) is 4. The first kappa shape index (κ1) is 12.6. The molecule has 0 fully saturated rings. The van der Waals surface area contributed by atoms with E-state index >= 15 is 0 Å². The van der Waals surface area contributed by atoms with E-state index in [1.54, 1.807) is 4.68 Å². The molecule has 0 aliphatic carbocycles. The van der Waals surface area contributed by atoms with Crippen LogP contribution in [0.25, 0.3) is 10.8 Å². The predicted octanol–water partition coefficient (Wildman–Crippen LogP) is 2.56. The van der Waals surface area contributed by atoms with Crippen molar-refractivity contribution < 1.29 is 9.84 Å². The number of benzene rings is 1. The molecule has 0 saturated heterocycles. The van der Waals surface area contributed by atoms with Crippen molar-refractivity contribution in [2.75, 3.05) is 0 Å². The number of rotatable bonds is 3. The summed E-state index contributed by atoms with van der Waals surface area (Å²) in [5, 5.41) is 15.4. The molecule has 0 unspecified atom stereocenters. The second kappa shape index (κ2) is 4.94. The van der Waals surface area contributed by atoms with Gasteiger partial charge in [0.25, 0.3) is 0 Å². The van der Waals surface area contributed by atoms with Gasteiger partial charge in [0.1, 0.15) is 0 Å². The Kier molecular flexibility index (Phi) is 3.12. The lowest BCUT2D eigenvalue weighted by Crippen LogP contribution is -1.99. The van der Waals surface area contributed by atoms with E-state index in [0.717, 1.165) is 16.5 Å². The van der Waals surface area contributed by atoms with Gasteiger partial charge in [-0.3, -0.25) is 0 Å². The second-order valence-corrected chi connectivity index (χ2v) is 4.65. The van der Waals surface area contributed by atoms with Gasteiger partial charge in [-0.15, -0.1) is 0 Å². The van der Waals surface area contributed by atoms with Crippen LogP contribution >= 0.6 is 0 Å². The summed E-state index contributed by atoms with van der Waals surface area (Å²) in [6.07, 6.45) is 0. The molecular formula is C15H15N3O2. The highest BCUT2D eigenvalue weighted by Gasteiger charge is 2.10. The monoisotopic (exact) mass is 269 g/mol. The van der Waals surface area contributed by atoms with E-state index in [-0.39, 0.29) is 6.61 Å². The van der Waals surface area contributed by atoms with Crippen molar-refractivity contribution in [3.63, 3.8) is 0 Å². The Morgan fingerprint density at radius 3 is 2.75 bits per heavy atom. The number of aromatic nitrogens is 3. The summed E-state index contributed by atoms with van der Waals surface area (Å²) in [5.74, 6) is 1.10. The van der Waals surface area contributed by atoms with Crippen molar-refractivity contribution in [1.29, 1.82) is 0 Å². The third-order valence-corrected chi connectivity index (χ3v) is 3.08. The SMILES string of the molecule is Cc1cc(Oc2nc(CO)cc3ccccc23)n(C)n1. The molecular weight excluding hydrogens is 254 g/mol. The van der Waals surface area contributed by atoms with E-state index in [9.17, 15) is 5.11 Å². The van der Waals surface area contributed by atoms with Crippen LogP contribution < -0.4 is 4.74 Å². The summed E-state index contributed by atoms with van der Waals surface area (Å²) in [6.45, 7) is 1.79. The van der Waals surface area contributed by atoms with Crippen LogP contribution in [0.4, 0.5) is 0 Å². The summed E-state index contributed by atoms with van der Waals surface area (Å²) in [5.41, 5.74) is 1.46. The molecule has 0 amide bonds. The van der Waals surface area contributed by atoms with Gasteiger partial charge in [0.2, 0.25) is 11.8 Å². The van der Waals surface area contributed by atoms with Crippen molar-refractivity contribution >= 4 is 10.8 Å². The highest BCUT2D eigenvalue weighted by molar-refractivity contribution is 5.87. The van der Waals surface area contributed by atoms with Crippen LogP contribution in [0, 0.1) is 6.92 Å². The molecule has 1 aromatic carbocycles. The van der Waals surface area contributed by atoms with Crippen molar-refractivity contribution in [3.8, 4) is 11.8 Å². The van der Waals surface area contributed by atoms with E-state index in [1.807, 2.05) is 50.4 Å². The summed E-state index contributed by atoms with van der Waals surface area (Å²) >= 11 is 0. The topological polar surface area (TPSA) is 60.2 Å². The highest BCUT2D eigenvalue weighted by atomic mass is 16.5. The summed E-state index contributed by atoms with van der Waals surface area (Å²) in [4.78, 5) is 4.35. The van der Waals surface area contributed by atoms with Gasteiger partial charge in [-0.2, -0.15) is 5.10 Å². The average molecular weight is 269 g/mol. The number of aliphatic hydroxyl groups excluding tert-OH is 1. The lowest BCUT2D eigenvalue weighted by molar-refractivity contribution is 0.275. The molecule has 5 nitrogen and oxygen atoms in total. The van der Waals surface area contributed by atoms with E-state index < -0.39 is 0 Å². The van der Waals surface area contributed by atoms with Crippen molar-refractivity contribution in [1.82, 2.24) is 14.8 Å². The van der Waals surface area contributed by atoms with Gasteiger partial charge >= 0.3 is 0 Å². The standard InChI is InChI=1S/C15H15N3O2/c1-10-7-14(18(2)17-10)20-15-13-6-4-3-5-11(13)8-12(9-19)16-15/h3-8,19H,9H2,1-2H3. The first-order chi connectivity index (χ1) is 9.67. The largest absolute Gasteiger partial charge is 0.420 e. The van der Waals surface area contributed by atoms with Crippen LogP contribution in [-0.4, -0.2) is 19.9 Å². The molecule has 1 N–H and O–H groups in total. The Labute approximate surface area is 116 Å². The van der Waals surface area contributed by atoms with Gasteiger partial charge in [-0.1, -0.05) is 18.2 Å².